The molecule has 0 bridgehead atoms. The second kappa shape index (κ2) is 11.9. The Hall–Kier alpha value is -5.00. The van der Waals surface area contributed by atoms with E-state index in [2.05, 4.69) is 15.0 Å². The minimum atomic E-state index is -3.89. The average molecular weight is 603 g/mol. The maximum atomic E-state index is 13.3. The van der Waals surface area contributed by atoms with Crippen LogP contribution in [0.2, 0.25) is 5.02 Å². The van der Waals surface area contributed by atoms with Crippen molar-refractivity contribution in [3.8, 4) is 11.1 Å². The first kappa shape index (κ1) is 28.5. The zero-order chi connectivity index (χ0) is 29.9. The Morgan fingerprint density at radius 1 is 0.905 bits per heavy atom. The molecule has 0 aliphatic carbocycles. The van der Waals surface area contributed by atoms with Crippen molar-refractivity contribution in [2.75, 3.05) is 16.6 Å². The van der Waals surface area contributed by atoms with Crippen LogP contribution >= 0.6 is 11.6 Å². The van der Waals surface area contributed by atoms with Gasteiger partial charge >= 0.3 is 5.97 Å². The molecule has 2 N–H and O–H groups in total. The average Bonchev–Trinajstić information content (AvgIpc) is 2.99. The predicted molar refractivity (Wildman–Crippen MR) is 160 cm³/mol. The van der Waals surface area contributed by atoms with Crippen LogP contribution in [-0.2, 0) is 26.6 Å². The van der Waals surface area contributed by atoms with Gasteiger partial charge < -0.3 is 14.6 Å². The quantitative estimate of drug-likeness (QED) is 0.242. The fraction of sp³-hybridized carbons (Fsp3) is 0.0667. The number of sulfonamides is 1. The zero-order valence-electron chi connectivity index (χ0n) is 22.1. The summed E-state index contributed by atoms with van der Waals surface area (Å²) >= 11 is 6.06. The Labute approximate surface area is 245 Å². The number of aromatic nitrogens is 2. The van der Waals surface area contributed by atoms with E-state index in [0.717, 1.165) is 0 Å². The molecule has 12 heteroatoms. The van der Waals surface area contributed by atoms with Gasteiger partial charge in [0.15, 0.2) is 6.61 Å². The Balaban J connectivity index is 1.33. The van der Waals surface area contributed by atoms with Crippen molar-refractivity contribution in [3.05, 3.63) is 118 Å². The van der Waals surface area contributed by atoms with Crippen LogP contribution in [0.15, 0.2) is 107 Å². The van der Waals surface area contributed by atoms with Crippen molar-refractivity contribution in [3.63, 3.8) is 0 Å². The van der Waals surface area contributed by atoms with Crippen LogP contribution in [0, 0.1) is 0 Å². The fourth-order valence-corrected chi connectivity index (χ4v) is 5.48. The highest BCUT2D eigenvalue weighted by atomic mass is 35.5. The number of benzene rings is 3. The van der Waals surface area contributed by atoms with Crippen molar-refractivity contribution >= 4 is 55.8 Å². The topological polar surface area (TPSA) is 136 Å². The first-order chi connectivity index (χ1) is 20.1. The molecule has 1 amide bonds. The van der Waals surface area contributed by atoms with Gasteiger partial charge in [0, 0.05) is 34.9 Å². The number of carbonyl (C=O) groups excluding carboxylic acids is 2. The molecule has 5 rings (SSSR count). The largest absolute Gasteiger partial charge is 0.451 e. The van der Waals surface area contributed by atoms with Crippen LogP contribution < -0.4 is 15.6 Å². The Morgan fingerprint density at radius 2 is 1.57 bits per heavy atom. The third-order valence-electron chi connectivity index (χ3n) is 6.32. The van der Waals surface area contributed by atoms with Gasteiger partial charge in [0.05, 0.1) is 4.90 Å². The van der Waals surface area contributed by atoms with Crippen molar-refractivity contribution in [2.45, 2.75) is 4.90 Å². The molecular weight excluding hydrogens is 580 g/mol. The molecule has 42 heavy (non-hydrogen) atoms. The van der Waals surface area contributed by atoms with Crippen LogP contribution in [0.4, 0.5) is 11.5 Å². The molecule has 0 atom stereocenters. The number of nitrogens with one attached hydrogen (secondary N) is 2. The summed E-state index contributed by atoms with van der Waals surface area (Å²) in [6.45, 7) is -0.652. The smallest absolute Gasteiger partial charge is 0.356 e. The molecule has 0 aliphatic rings. The van der Waals surface area contributed by atoms with Crippen molar-refractivity contribution in [1.82, 2.24) is 9.55 Å². The van der Waals surface area contributed by atoms with E-state index in [1.54, 1.807) is 60.7 Å². The van der Waals surface area contributed by atoms with Crippen LogP contribution in [0.3, 0.4) is 0 Å². The van der Waals surface area contributed by atoms with Crippen LogP contribution in [0.5, 0.6) is 0 Å². The molecule has 5 aromatic rings. The van der Waals surface area contributed by atoms with Crippen molar-refractivity contribution in [2.24, 2.45) is 7.05 Å². The molecule has 0 radical (unpaired) electrons. The molecule has 0 aliphatic heterocycles. The molecule has 0 saturated heterocycles. The number of hydrogen-bond acceptors (Lipinski definition) is 7. The number of nitrogens with zero attached hydrogens (tertiary/aromatic N) is 2. The summed E-state index contributed by atoms with van der Waals surface area (Å²) in [6.07, 6.45) is 1.46. The summed E-state index contributed by atoms with van der Waals surface area (Å²) in [5.41, 5.74) is 0.963. The molecule has 0 fully saturated rings. The number of ether oxygens (including phenoxy) is 1. The lowest BCUT2D eigenvalue weighted by Gasteiger charge is -2.17. The Bertz CT molecular complexity index is 1960. The van der Waals surface area contributed by atoms with E-state index in [1.165, 1.54) is 48.1 Å². The summed E-state index contributed by atoms with van der Waals surface area (Å²) in [5.74, 6) is -1.37. The van der Waals surface area contributed by atoms with Gasteiger partial charge in [-0.1, -0.05) is 48.0 Å². The molecule has 212 valence electrons. The minimum Gasteiger partial charge on any atom is -0.451 e. The molecule has 0 unspecified atom stereocenters. The van der Waals surface area contributed by atoms with Crippen molar-refractivity contribution < 1.29 is 22.7 Å². The van der Waals surface area contributed by atoms with E-state index in [1.807, 2.05) is 0 Å². The number of amides is 1. The van der Waals surface area contributed by atoms with Gasteiger partial charge in [-0.15, -0.1) is 0 Å². The number of hydrogen-bond donors (Lipinski definition) is 2. The summed E-state index contributed by atoms with van der Waals surface area (Å²) in [4.78, 5) is 42.9. The highest BCUT2D eigenvalue weighted by Gasteiger charge is 2.24. The number of halogens is 1. The lowest BCUT2D eigenvalue weighted by atomic mass is 9.97. The third-order valence-corrected chi connectivity index (χ3v) is 7.94. The van der Waals surface area contributed by atoms with Gasteiger partial charge in [0.1, 0.15) is 11.5 Å². The normalized spacial score (nSPS) is 11.2. The molecule has 10 nitrogen and oxygen atoms in total. The van der Waals surface area contributed by atoms with E-state index >= 15 is 0 Å². The van der Waals surface area contributed by atoms with Gasteiger partial charge in [-0.3, -0.25) is 14.3 Å². The second-order valence-corrected chi connectivity index (χ2v) is 11.2. The number of pyridine rings is 2. The standard InChI is InChI=1S/C30H23ClN4O6S/c1-35-28(27(19-9-11-20(31)12-10-19)23-6-2-3-7-24(23)29(35)37)30(38)41-18-26(36)33-21-13-15-22(16-14-21)42(39,40)34-25-8-4-5-17-32-25/h2-17H,18H2,1H3,(H,32,34)(H,33,36). The number of carbonyl (C=O) groups is 2. The maximum Gasteiger partial charge on any atom is 0.356 e. The molecule has 2 heterocycles. The van der Waals surface area contributed by atoms with E-state index in [4.69, 9.17) is 16.3 Å². The SMILES string of the molecule is Cn1c(C(=O)OCC(=O)Nc2ccc(S(=O)(=O)Nc3ccccn3)cc2)c(-c2ccc(Cl)cc2)c2ccccc2c1=O. The fourth-order valence-electron chi connectivity index (χ4n) is 4.35. The molecule has 3 aromatic carbocycles. The van der Waals surface area contributed by atoms with Crippen LogP contribution in [0.25, 0.3) is 21.9 Å². The first-order valence-corrected chi connectivity index (χ1v) is 14.4. The summed E-state index contributed by atoms with van der Waals surface area (Å²) in [7, 11) is -2.43. The van der Waals surface area contributed by atoms with Gasteiger partial charge in [-0.05, 0) is 65.5 Å². The number of fused-ring (bicyclic) bond motifs is 1. The minimum absolute atomic E-state index is 0.0243. The van der Waals surface area contributed by atoms with E-state index in [0.29, 0.717) is 26.9 Å². The second-order valence-electron chi connectivity index (χ2n) is 9.11. The van der Waals surface area contributed by atoms with Gasteiger partial charge in [-0.25, -0.2) is 18.2 Å². The number of esters is 1. The summed E-state index contributed by atoms with van der Waals surface area (Å²) in [6, 6.07) is 24.0. The molecule has 0 saturated carbocycles. The molecule has 2 aromatic heterocycles. The van der Waals surface area contributed by atoms with E-state index in [-0.39, 0.29) is 22.1 Å². The molecule has 0 spiro atoms. The molecular formula is C30H23ClN4O6S. The predicted octanol–water partition coefficient (Wildman–Crippen LogP) is 4.85. The first-order valence-electron chi connectivity index (χ1n) is 12.5. The monoisotopic (exact) mass is 602 g/mol. The van der Waals surface area contributed by atoms with E-state index in [9.17, 15) is 22.8 Å². The number of rotatable bonds is 8. The summed E-state index contributed by atoms with van der Waals surface area (Å²) in [5, 5.41) is 4.03. The highest BCUT2D eigenvalue weighted by molar-refractivity contribution is 7.92. The number of anilines is 2. The maximum absolute atomic E-state index is 13.3. The lowest BCUT2D eigenvalue weighted by Crippen LogP contribution is -2.28. The Kier molecular flexibility index (Phi) is 8.05. The summed E-state index contributed by atoms with van der Waals surface area (Å²) < 4.78 is 34.1. The van der Waals surface area contributed by atoms with Crippen LogP contribution in [-0.4, -0.2) is 36.5 Å². The highest BCUT2D eigenvalue weighted by Crippen LogP contribution is 2.32. The van der Waals surface area contributed by atoms with Crippen molar-refractivity contribution in [1.29, 1.82) is 0 Å². The Morgan fingerprint density at radius 3 is 2.24 bits per heavy atom. The lowest BCUT2D eigenvalue weighted by molar-refractivity contribution is -0.119. The van der Waals surface area contributed by atoms with E-state index < -0.39 is 34.1 Å². The van der Waals surface area contributed by atoms with Gasteiger partial charge in [0.25, 0.3) is 21.5 Å². The van der Waals surface area contributed by atoms with Crippen LogP contribution in [0.1, 0.15) is 10.5 Å². The van der Waals surface area contributed by atoms with Gasteiger partial charge in [0.2, 0.25) is 0 Å². The zero-order valence-corrected chi connectivity index (χ0v) is 23.6. The third kappa shape index (κ3) is 6.02. The van der Waals surface area contributed by atoms with Gasteiger partial charge in [-0.2, -0.15) is 0 Å².